The van der Waals surface area contributed by atoms with Crippen LogP contribution in [0.1, 0.15) is 25.8 Å². The lowest BCUT2D eigenvalue weighted by Gasteiger charge is -2.28. The summed E-state index contributed by atoms with van der Waals surface area (Å²) in [6.07, 6.45) is -0.0312. The number of nitrogens with one attached hydrogen (secondary N) is 1. The summed E-state index contributed by atoms with van der Waals surface area (Å²) in [6.45, 7) is 4.70. The molecule has 0 aliphatic rings. The van der Waals surface area contributed by atoms with E-state index >= 15 is 0 Å². The Morgan fingerprint density at radius 1 is 1.38 bits per heavy atom. The number of hydrogen-bond acceptors (Lipinski definition) is 3. The van der Waals surface area contributed by atoms with Gasteiger partial charge in [0.1, 0.15) is 0 Å². The van der Waals surface area contributed by atoms with E-state index < -0.39 is 0 Å². The zero-order chi connectivity index (χ0) is 16.0. The third kappa shape index (κ3) is 5.15. The number of carbonyl (C=O) groups is 1. The van der Waals surface area contributed by atoms with E-state index in [2.05, 4.69) is 5.32 Å². The molecule has 118 valence electrons. The number of methoxy groups -OCH3 is 1. The molecule has 1 aromatic carbocycles. The van der Waals surface area contributed by atoms with E-state index in [9.17, 15) is 4.79 Å². The van der Waals surface area contributed by atoms with Gasteiger partial charge in [0.05, 0.1) is 12.5 Å². The molecule has 0 fully saturated rings. The highest BCUT2D eigenvalue weighted by molar-refractivity contribution is 6.36. The Bertz CT molecular complexity index is 468. The molecular weight excluding hydrogens is 311 g/mol. The largest absolute Gasteiger partial charge is 0.380 e. The Morgan fingerprint density at radius 2 is 1.95 bits per heavy atom. The molecule has 0 saturated heterocycles. The molecule has 1 aromatic rings. The van der Waals surface area contributed by atoms with Crippen molar-refractivity contribution in [3.8, 4) is 0 Å². The SMILES string of the molecule is COC(CN)CC(=O)NCC(C)(C)c1c(Cl)cccc1Cl. The molecule has 0 aliphatic heterocycles. The van der Waals surface area contributed by atoms with Crippen LogP contribution in [0.25, 0.3) is 0 Å². The number of carbonyl (C=O) groups excluding carboxylic acids is 1. The van der Waals surface area contributed by atoms with Crippen molar-refractivity contribution in [2.24, 2.45) is 5.73 Å². The molecule has 0 spiro atoms. The normalized spacial score (nSPS) is 13.0. The number of benzene rings is 1. The quantitative estimate of drug-likeness (QED) is 0.806. The molecule has 0 heterocycles. The van der Waals surface area contributed by atoms with Gasteiger partial charge in [-0.2, -0.15) is 0 Å². The lowest BCUT2D eigenvalue weighted by atomic mass is 9.84. The molecule has 0 radical (unpaired) electrons. The van der Waals surface area contributed by atoms with Crippen LogP contribution >= 0.6 is 23.2 Å². The van der Waals surface area contributed by atoms with E-state index in [1.54, 1.807) is 18.2 Å². The maximum absolute atomic E-state index is 11.9. The van der Waals surface area contributed by atoms with Crippen molar-refractivity contribution in [1.29, 1.82) is 0 Å². The molecular formula is C15H22Cl2N2O2. The fraction of sp³-hybridized carbons (Fsp3) is 0.533. The van der Waals surface area contributed by atoms with Crippen LogP contribution in [-0.4, -0.2) is 32.2 Å². The van der Waals surface area contributed by atoms with E-state index in [1.165, 1.54) is 7.11 Å². The third-order valence-electron chi connectivity index (χ3n) is 3.38. The second kappa shape index (κ2) is 7.99. The average Bonchev–Trinajstić information content (AvgIpc) is 2.42. The molecule has 0 bridgehead atoms. The van der Waals surface area contributed by atoms with Gasteiger partial charge in [-0.25, -0.2) is 0 Å². The van der Waals surface area contributed by atoms with E-state index in [0.29, 0.717) is 23.1 Å². The van der Waals surface area contributed by atoms with Crippen molar-refractivity contribution in [3.63, 3.8) is 0 Å². The smallest absolute Gasteiger partial charge is 0.222 e. The van der Waals surface area contributed by atoms with Gasteiger partial charge in [0.2, 0.25) is 5.91 Å². The van der Waals surface area contributed by atoms with Crippen LogP contribution in [0.2, 0.25) is 10.0 Å². The Hall–Kier alpha value is -0.810. The maximum atomic E-state index is 11.9. The summed E-state index contributed by atoms with van der Waals surface area (Å²) in [4.78, 5) is 11.9. The summed E-state index contributed by atoms with van der Waals surface area (Å²) < 4.78 is 5.10. The number of amides is 1. The fourth-order valence-corrected chi connectivity index (χ4v) is 3.00. The summed E-state index contributed by atoms with van der Waals surface area (Å²) in [5, 5.41) is 4.07. The zero-order valence-electron chi connectivity index (χ0n) is 12.6. The van der Waals surface area contributed by atoms with Gasteiger partial charge >= 0.3 is 0 Å². The van der Waals surface area contributed by atoms with Crippen molar-refractivity contribution in [2.75, 3.05) is 20.2 Å². The number of rotatable bonds is 7. The first-order chi connectivity index (χ1) is 9.81. The van der Waals surface area contributed by atoms with Crippen molar-refractivity contribution in [1.82, 2.24) is 5.32 Å². The van der Waals surface area contributed by atoms with Crippen LogP contribution in [0.15, 0.2) is 18.2 Å². The van der Waals surface area contributed by atoms with Crippen molar-refractivity contribution < 1.29 is 9.53 Å². The molecule has 21 heavy (non-hydrogen) atoms. The molecule has 0 saturated carbocycles. The van der Waals surface area contributed by atoms with Gasteiger partial charge in [-0.3, -0.25) is 4.79 Å². The monoisotopic (exact) mass is 332 g/mol. The van der Waals surface area contributed by atoms with E-state index in [1.807, 2.05) is 13.8 Å². The first-order valence-electron chi connectivity index (χ1n) is 6.76. The lowest BCUT2D eigenvalue weighted by Crippen LogP contribution is -2.39. The van der Waals surface area contributed by atoms with Crippen LogP contribution in [0.3, 0.4) is 0 Å². The summed E-state index contributed by atoms with van der Waals surface area (Å²) in [6, 6.07) is 5.39. The fourth-order valence-electron chi connectivity index (χ4n) is 2.09. The van der Waals surface area contributed by atoms with Gasteiger partial charge in [0, 0.05) is 35.7 Å². The van der Waals surface area contributed by atoms with Gasteiger partial charge in [0.15, 0.2) is 0 Å². The van der Waals surface area contributed by atoms with E-state index in [4.69, 9.17) is 33.7 Å². The summed E-state index contributed by atoms with van der Waals surface area (Å²) >= 11 is 12.4. The molecule has 1 atom stereocenters. The summed E-state index contributed by atoms with van der Waals surface area (Å²) in [7, 11) is 1.54. The average molecular weight is 333 g/mol. The first-order valence-corrected chi connectivity index (χ1v) is 7.51. The Kier molecular flexibility index (Phi) is 6.94. The van der Waals surface area contributed by atoms with Gasteiger partial charge in [-0.1, -0.05) is 43.1 Å². The second-order valence-corrected chi connectivity index (χ2v) is 6.37. The highest BCUT2D eigenvalue weighted by atomic mass is 35.5. The number of hydrogen-bond donors (Lipinski definition) is 2. The predicted molar refractivity (Wildman–Crippen MR) is 87.0 cm³/mol. The van der Waals surface area contributed by atoms with E-state index in [0.717, 1.165) is 5.56 Å². The number of halogens is 2. The molecule has 3 N–H and O–H groups in total. The predicted octanol–water partition coefficient (Wildman–Crippen LogP) is 2.75. The molecule has 0 aliphatic carbocycles. The molecule has 0 aromatic heterocycles. The Labute approximate surface area is 135 Å². The minimum Gasteiger partial charge on any atom is -0.380 e. The van der Waals surface area contributed by atoms with Crippen LogP contribution in [0.5, 0.6) is 0 Å². The maximum Gasteiger partial charge on any atom is 0.222 e. The molecule has 6 heteroatoms. The zero-order valence-corrected chi connectivity index (χ0v) is 14.1. The van der Waals surface area contributed by atoms with Crippen LogP contribution < -0.4 is 11.1 Å². The van der Waals surface area contributed by atoms with Gasteiger partial charge < -0.3 is 15.8 Å². The summed E-state index contributed by atoms with van der Waals surface area (Å²) in [5.74, 6) is -0.108. The van der Waals surface area contributed by atoms with E-state index in [-0.39, 0.29) is 23.8 Å². The van der Waals surface area contributed by atoms with Crippen LogP contribution in [0.4, 0.5) is 0 Å². The molecule has 1 amide bonds. The standard InChI is InChI=1S/C15H22Cl2N2O2/c1-15(2,14-11(16)5-4-6-12(14)17)9-19-13(20)7-10(8-18)21-3/h4-6,10H,7-9,18H2,1-3H3,(H,19,20). The minimum atomic E-state index is -0.379. The van der Waals surface area contributed by atoms with Crippen molar-refractivity contribution in [3.05, 3.63) is 33.8 Å². The van der Waals surface area contributed by atoms with Crippen molar-refractivity contribution in [2.45, 2.75) is 31.8 Å². The minimum absolute atomic E-state index is 0.108. The molecule has 1 unspecified atom stereocenters. The molecule has 1 rings (SSSR count). The molecule has 4 nitrogen and oxygen atoms in total. The Balaban J connectivity index is 2.71. The number of nitrogens with two attached hydrogens (primary N) is 1. The van der Waals surface area contributed by atoms with Gasteiger partial charge in [-0.15, -0.1) is 0 Å². The summed E-state index contributed by atoms with van der Waals surface area (Å²) in [5.41, 5.74) is 5.96. The highest BCUT2D eigenvalue weighted by Gasteiger charge is 2.26. The van der Waals surface area contributed by atoms with Crippen LogP contribution in [-0.2, 0) is 14.9 Å². The third-order valence-corrected chi connectivity index (χ3v) is 4.01. The van der Waals surface area contributed by atoms with Gasteiger partial charge in [-0.05, 0) is 17.7 Å². The highest BCUT2D eigenvalue weighted by Crippen LogP contribution is 2.35. The number of ether oxygens (including phenoxy) is 1. The first kappa shape index (κ1) is 18.2. The van der Waals surface area contributed by atoms with Gasteiger partial charge in [0.25, 0.3) is 0 Å². The second-order valence-electron chi connectivity index (χ2n) is 5.55. The topological polar surface area (TPSA) is 64.3 Å². The Morgan fingerprint density at radius 3 is 2.43 bits per heavy atom. The lowest BCUT2D eigenvalue weighted by molar-refractivity contribution is -0.123. The van der Waals surface area contributed by atoms with Crippen molar-refractivity contribution >= 4 is 29.1 Å². The van der Waals surface area contributed by atoms with Crippen LogP contribution in [0, 0.1) is 0 Å².